The molecule has 2 aromatic carbocycles. The number of carboxylic acid groups (broad SMARTS) is 1. The number of amides is 1. The van der Waals surface area contributed by atoms with Crippen molar-refractivity contribution < 1.29 is 28.9 Å². The van der Waals surface area contributed by atoms with Crippen LogP contribution in [0.15, 0.2) is 67.1 Å². The minimum atomic E-state index is -0.906. The predicted molar refractivity (Wildman–Crippen MR) is 153 cm³/mol. The highest BCUT2D eigenvalue weighted by Crippen LogP contribution is 2.32. The van der Waals surface area contributed by atoms with E-state index >= 15 is 0 Å². The van der Waals surface area contributed by atoms with Gasteiger partial charge in [0, 0.05) is 44.4 Å². The maximum atomic E-state index is 12.0. The van der Waals surface area contributed by atoms with Crippen LogP contribution in [-0.4, -0.2) is 75.6 Å². The lowest BCUT2D eigenvalue weighted by Crippen LogP contribution is -2.41. The molecule has 4 aromatic rings. The van der Waals surface area contributed by atoms with Gasteiger partial charge in [-0.05, 0) is 36.4 Å². The summed E-state index contributed by atoms with van der Waals surface area (Å²) in [5.41, 5.74) is 2.83. The number of hydrogen-bond acceptors (Lipinski definition) is 8. The van der Waals surface area contributed by atoms with Crippen LogP contribution in [0.4, 0.5) is 16.3 Å². The number of anilines is 2. The summed E-state index contributed by atoms with van der Waals surface area (Å²) in [4.78, 5) is 33.3. The molecule has 1 saturated heterocycles. The van der Waals surface area contributed by atoms with Crippen molar-refractivity contribution in [1.82, 2.24) is 19.4 Å². The Balaban J connectivity index is 1.14. The van der Waals surface area contributed by atoms with Crippen LogP contribution in [0, 0.1) is 0 Å². The Morgan fingerprint density at radius 2 is 1.83 bits per heavy atom. The fraction of sp³-hybridized carbons (Fsp3) is 0.310. The largest absolute Gasteiger partial charge is 0.489 e. The van der Waals surface area contributed by atoms with Crippen LogP contribution in [0.2, 0.25) is 5.02 Å². The van der Waals surface area contributed by atoms with Gasteiger partial charge in [-0.25, -0.2) is 19.6 Å². The average Bonchev–Trinajstić information content (AvgIpc) is 3.41. The Bertz CT molecular complexity index is 1490. The van der Waals surface area contributed by atoms with Crippen molar-refractivity contribution in [2.75, 3.05) is 38.2 Å². The maximum absolute atomic E-state index is 12.0. The summed E-state index contributed by atoms with van der Waals surface area (Å²) in [5, 5.41) is 12.9. The van der Waals surface area contributed by atoms with Crippen molar-refractivity contribution in [3.63, 3.8) is 0 Å². The van der Waals surface area contributed by atoms with E-state index in [9.17, 15) is 9.59 Å². The molecule has 1 aliphatic rings. The first kappa shape index (κ1) is 28.2. The molecule has 0 atom stereocenters. The lowest BCUT2D eigenvalue weighted by Gasteiger charge is -2.30. The third kappa shape index (κ3) is 7.24. The lowest BCUT2D eigenvalue weighted by atomic mass is 10.1. The molecule has 214 valence electrons. The zero-order valence-electron chi connectivity index (χ0n) is 22.2. The first-order valence-electron chi connectivity index (χ1n) is 13.3. The number of ether oxygens (including phenoxy) is 3. The highest BCUT2D eigenvalue weighted by atomic mass is 35.5. The normalized spacial score (nSPS) is 13.7. The van der Waals surface area contributed by atoms with Crippen molar-refractivity contribution >= 4 is 46.2 Å². The van der Waals surface area contributed by atoms with Crippen LogP contribution >= 0.6 is 11.6 Å². The van der Waals surface area contributed by atoms with Crippen LogP contribution in [-0.2, 0) is 16.0 Å². The fourth-order valence-electron chi connectivity index (χ4n) is 4.58. The van der Waals surface area contributed by atoms with E-state index in [0.29, 0.717) is 61.2 Å². The first-order valence-corrected chi connectivity index (χ1v) is 13.7. The summed E-state index contributed by atoms with van der Waals surface area (Å²) in [7, 11) is 0. The van der Waals surface area contributed by atoms with Crippen LogP contribution in [0.3, 0.4) is 0 Å². The van der Waals surface area contributed by atoms with E-state index in [4.69, 9.17) is 30.9 Å². The summed E-state index contributed by atoms with van der Waals surface area (Å²) in [5.74, 6) is 0.788. The number of carbonyl (C=O) groups excluding carboxylic acids is 1. The molecule has 0 spiro atoms. The number of aromatic nitrogens is 3. The smallest absolute Gasteiger partial charge is 0.407 e. The van der Waals surface area contributed by atoms with Gasteiger partial charge in [0.2, 0.25) is 0 Å². The molecule has 5 rings (SSSR count). The van der Waals surface area contributed by atoms with Gasteiger partial charge in [0.1, 0.15) is 30.3 Å². The molecule has 0 saturated carbocycles. The van der Waals surface area contributed by atoms with Crippen molar-refractivity contribution in [2.45, 2.75) is 25.5 Å². The van der Waals surface area contributed by atoms with E-state index < -0.39 is 6.09 Å². The quantitative estimate of drug-likeness (QED) is 0.181. The number of esters is 1. The van der Waals surface area contributed by atoms with E-state index in [0.717, 1.165) is 16.7 Å². The monoisotopic (exact) mass is 579 g/mol. The van der Waals surface area contributed by atoms with E-state index in [2.05, 4.69) is 15.3 Å². The molecule has 2 N–H and O–H groups in total. The van der Waals surface area contributed by atoms with Gasteiger partial charge in [-0.3, -0.25) is 0 Å². The molecule has 1 amide bonds. The van der Waals surface area contributed by atoms with E-state index in [-0.39, 0.29) is 25.3 Å². The van der Waals surface area contributed by atoms with Gasteiger partial charge in [0.25, 0.3) is 0 Å². The Morgan fingerprint density at radius 3 is 2.59 bits per heavy atom. The highest BCUT2D eigenvalue weighted by Gasteiger charge is 2.24. The van der Waals surface area contributed by atoms with Gasteiger partial charge in [0.05, 0.1) is 29.3 Å². The number of nitrogens with one attached hydrogen (secondary N) is 1. The van der Waals surface area contributed by atoms with Gasteiger partial charge >= 0.3 is 12.1 Å². The predicted octanol–water partition coefficient (Wildman–Crippen LogP) is 5.22. The van der Waals surface area contributed by atoms with Crippen LogP contribution in [0.25, 0.3) is 11.0 Å². The Hall–Kier alpha value is -4.35. The Morgan fingerprint density at radius 1 is 1.02 bits per heavy atom. The number of likely N-dealkylation sites (tertiary alicyclic amines) is 1. The third-order valence-electron chi connectivity index (χ3n) is 6.70. The molecule has 2 aromatic heterocycles. The van der Waals surface area contributed by atoms with Gasteiger partial charge in [0.15, 0.2) is 5.82 Å². The summed E-state index contributed by atoms with van der Waals surface area (Å²) < 4.78 is 19.0. The van der Waals surface area contributed by atoms with Gasteiger partial charge in [-0.15, -0.1) is 0 Å². The topological polar surface area (TPSA) is 128 Å². The number of nitrogens with zero attached hydrogens (tertiary/aromatic N) is 4. The fourth-order valence-corrected chi connectivity index (χ4v) is 4.81. The van der Waals surface area contributed by atoms with Gasteiger partial charge < -0.3 is 34.1 Å². The molecule has 0 unspecified atom stereocenters. The highest BCUT2D eigenvalue weighted by molar-refractivity contribution is 6.32. The minimum absolute atomic E-state index is 0.0928. The molecular formula is C29H30ClN5O6. The summed E-state index contributed by atoms with van der Waals surface area (Å²) in [6.07, 6.45) is 3.64. The molecule has 0 bridgehead atoms. The molecule has 1 fully saturated rings. The van der Waals surface area contributed by atoms with Crippen molar-refractivity contribution in [2.24, 2.45) is 0 Å². The second kappa shape index (κ2) is 13.3. The van der Waals surface area contributed by atoms with Crippen molar-refractivity contribution in [3.8, 4) is 5.75 Å². The second-order valence-corrected chi connectivity index (χ2v) is 9.84. The van der Waals surface area contributed by atoms with E-state index in [1.54, 1.807) is 36.4 Å². The van der Waals surface area contributed by atoms with Crippen LogP contribution in [0.1, 0.15) is 23.2 Å². The Kier molecular flexibility index (Phi) is 9.17. The number of rotatable bonds is 11. The molecule has 0 aliphatic carbocycles. The standard InChI is InChI=1S/C29H30ClN5O6/c30-23-18-21(6-7-25(23)41-22-8-11-35(12-9-22)29(37)38)33-27-26-24(31-19-32-27)10-13-34(26)14-15-39-16-17-40-28(36)20-4-2-1-3-5-20/h1-7,10,13,18-19,22H,8-9,11-12,14-17H2,(H,37,38)(H,31,32,33). The first-order chi connectivity index (χ1) is 20.0. The van der Waals surface area contributed by atoms with Crippen LogP contribution < -0.4 is 10.1 Å². The zero-order chi connectivity index (χ0) is 28.6. The number of carbonyl (C=O) groups is 2. The van der Waals surface area contributed by atoms with E-state index in [1.807, 2.05) is 29.0 Å². The molecule has 1 aliphatic heterocycles. The minimum Gasteiger partial charge on any atom is -0.489 e. The zero-order valence-corrected chi connectivity index (χ0v) is 23.0. The van der Waals surface area contributed by atoms with Crippen molar-refractivity contribution in [1.29, 1.82) is 0 Å². The van der Waals surface area contributed by atoms with E-state index in [1.165, 1.54) is 11.2 Å². The number of piperidine rings is 1. The molecule has 3 heterocycles. The number of fused-ring (bicyclic) bond motifs is 1. The van der Waals surface area contributed by atoms with Crippen molar-refractivity contribution in [3.05, 3.63) is 77.7 Å². The Labute approximate surface area is 241 Å². The lowest BCUT2D eigenvalue weighted by molar-refractivity contribution is 0.0307. The number of hydrogen-bond donors (Lipinski definition) is 2. The van der Waals surface area contributed by atoms with Gasteiger partial charge in [-0.2, -0.15) is 0 Å². The average molecular weight is 580 g/mol. The second-order valence-electron chi connectivity index (χ2n) is 9.44. The SMILES string of the molecule is O=C(OCCOCCn1ccc2ncnc(Nc3ccc(OC4CCN(C(=O)O)CC4)c(Cl)c3)c21)c1ccccc1. The van der Waals surface area contributed by atoms with Gasteiger partial charge in [-0.1, -0.05) is 29.8 Å². The third-order valence-corrected chi connectivity index (χ3v) is 6.99. The molecular weight excluding hydrogens is 550 g/mol. The summed E-state index contributed by atoms with van der Waals surface area (Å²) >= 11 is 6.53. The summed E-state index contributed by atoms with van der Waals surface area (Å²) in [6.45, 7) is 2.28. The molecule has 11 nitrogen and oxygen atoms in total. The number of benzene rings is 2. The molecule has 12 heteroatoms. The number of halogens is 1. The summed E-state index contributed by atoms with van der Waals surface area (Å²) in [6, 6.07) is 16.2. The molecule has 0 radical (unpaired) electrons. The maximum Gasteiger partial charge on any atom is 0.407 e. The molecule has 41 heavy (non-hydrogen) atoms. The van der Waals surface area contributed by atoms with Crippen LogP contribution in [0.5, 0.6) is 5.75 Å².